The lowest BCUT2D eigenvalue weighted by Gasteiger charge is -2.14. The quantitative estimate of drug-likeness (QED) is 0.588. The van der Waals surface area contributed by atoms with Gasteiger partial charge in [-0.1, -0.05) is 15.9 Å². The van der Waals surface area contributed by atoms with E-state index in [1.807, 2.05) is 0 Å². The molecule has 0 aromatic heterocycles. The predicted octanol–water partition coefficient (Wildman–Crippen LogP) is 1.08. The number of esters is 1. The normalized spacial score (nSPS) is 21.6. The Labute approximate surface area is 80.2 Å². The zero-order valence-corrected chi connectivity index (χ0v) is 8.58. The highest BCUT2D eigenvalue weighted by atomic mass is 79.9. The highest BCUT2D eigenvalue weighted by Crippen LogP contribution is 2.35. The van der Waals surface area contributed by atoms with E-state index in [1.165, 1.54) is 0 Å². The first-order valence-corrected chi connectivity index (χ1v) is 5.07. The highest BCUT2D eigenvalue weighted by molar-refractivity contribution is 9.10. The van der Waals surface area contributed by atoms with E-state index in [-0.39, 0.29) is 5.97 Å². The number of hydrogen-bond donors (Lipinski definition) is 1. The van der Waals surface area contributed by atoms with E-state index in [9.17, 15) is 9.90 Å². The number of carbonyl (C=O) groups is 1. The molecule has 4 heteroatoms. The summed E-state index contributed by atoms with van der Waals surface area (Å²) in [6.07, 6.45) is 1.45. The summed E-state index contributed by atoms with van der Waals surface area (Å²) in [5.41, 5.74) is 0. The fraction of sp³-hybridized carbons (Fsp3) is 0.875. The van der Waals surface area contributed by atoms with Crippen molar-refractivity contribution in [2.24, 2.45) is 5.92 Å². The summed E-state index contributed by atoms with van der Waals surface area (Å²) in [6.45, 7) is 2.11. The molecule has 12 heavy (non-hydrogen) atoms. The van der Waals surface area contributed by atoms with Crippen LogP contribution in [0.1, 0.15) is 19.8 Å². The van der Waals surface area contributed by atoms with Gasteiger partial charge in [0.15, 0.2) is 0 Å². The van der Waals surface area contributed by atoms with Gasteiger partial charge >= 0.3 is 5.97 Å². The molecule has 1 rings (SSSR count). The molecule has 0 aliphatic heterocycles. The van der Waals surface area contributed by atoms with Crippen LogP contribution in [0.25, 0.3) is 0 Å². The zero-order valence-electron chi connectivity index (χ0n) is 7.00. The van der Waals surface area contributed by atoms with Crippen LogP contribution in [0.4, 0.5) is 0 Å². The smallest absolute Gasteiger partial charge is 0.322 e. The average molecular weight is 237 g/mol. The van der Waals surface area contributed by atoms with Gasteiger partial charge in [-0.15, -0.1) is 0 Å². The molecule has 70 valence electrons. The van der Waals surface area contributed by atoms with Gasteiger partial charge in [-0.25, -0.2) is 0 Å². The largest absolute Gasteiger partial charge is 0.465 e. The lowest BCUT2D eigenvalue weighted by atomic mass is 10.2. The van der Waals surface area contributed by atoms with E-state index in [4.69, 9.17) is 4.74 Å². The molecule has 0 aromatic carbocycles. The Balaban J connectivity index is 2.33. The molecule has 2 atom stereocenters. The number of rotatable bonds is 4. The minimum absolute atomic E-state index is 0.291. The number of carbonyl (C=O) groups excluding carboxylic acids is 1. The topological polar surface area (TPSA) is 46.5 Å². The second kappa shape index (κ2) is 4.23. The predicted molar refractivity (Wildman–Crippen MR) is 48.1 cm³/mol. The number of alkyl halides is 1. The molecule has 1 aliphatic carbocycles. The number of hydrogen-bond acceptors (Lipinski definition) is 3. The maximum absolute atomic E-state index is 11.1. The lowest BCUT2D eigenvalue weighted by molar-refractivity contribution is -0.144. The first-order valence-electron chi connectivity index (χ1n) is 4.15. The Kier molecular flexibility index (Phi) is 3.53. The van der Waals surface area contributed by atoms with Gasteiger partial charge < -0.3 is 9.84 Å². The van der Waals surface area contributed by atoms with Crippen molar-refractivity contribution in [1.29, 1.82) is 0 Å². The summed E-state index contributed by atoms with van der Waals surface area (Å²) >= 11 is 3.13. The zero-order chi connectivity index (χ0) is 9.14. The minimum Gasteiger partial charge on any atom is -0.465 e. The van der Waals surface area contributed by atoms with Crippen LogP contribution in [0.5, 0.6) is 0 Å². The second-order valence-corrected chi connectivity index (χ2v) is 3.97. The second-order valence-electron chi connectivity index (χ2n) is 2.98. The summed E-state index contributed by atoms with van der Waals surface area (Å²) in [4.78, 5) is 10.5. The van der Waals surface area contributed by atoms with Crippen LogP contribution in [-0.2, 0) is 9.53 Å². The van der Waals surface area contributed by atoms with Gasteiger partial charge in [0, 0.05) is 0 Å². The first kappa shape index (κ1) is 9.99. The average Bonchev–Trinajstić information content (AvgIpc) is 2.84. The highest BCUT2D eigenvalue weighted by Gasteiger charge is 2.37. The van der Waals surface area contributed by atoms with Gasteiger partial charge in [0.1, 0.15) is 4.83 Å². The molecule has 0 unspecified atom stereocenters. The Bertz CT molecular complexity index is 168. The Morgan fingerprint density at radius 2 is 2.33 bits per heavy atom. The maximum Gasteiger partial charge on any atom is 0.322 e. The third-order valence-corrected chi connectivity index (χ3v) is 2.83. The van der Waals surface area contributed by atoms with Crippen molar-refractivity contribution in [3.63, 3.8) is 0 Å². The lowest BCUT2D eigenvalue weighted by Crippen LogP contribution is -2.31. The van der Waals surface area contributed by atoms with Crippen LogP contribution in [0, 0.1) is 5.92 Å². The molecule has 0 radical (unpaired) electrons. The van der Waals surface area contributed by atoms with E-state index < -0.39 is 10.9 Å². The van der Waals surface area contributed by atoms with Crippen LogP contribution in [0.3, 0.4) is 0 Å². The van der Waals surface area contributed by atoms with Crippen LogP contribution in [0.2, 0.25) is 0 Å². The molecule has 0 bridgehead atoms. The molecule has 0 spiro atoms. The molecule has 0 saturated heterocycles. The van der Waals surface area contributed by atoms with Gasteiger partial charge in [-0.05, 0) is 25.7 Å². The number of ether oxygens (including phenoxy) is 1. The minimum atomic E-state index is -0.580. The molecule has 0 heterocycles. The summed E-state index contributed by atoms with van der Waals surface area (Å²) in [7, 11) is 0. The maximum atomic E-state index is 11.1. The van der Waals surface area contributed by atoms with Crippen molar-refractivity contribution in [2.45, 2.75) is 30.7 Å². The summed E-state index contributed by atoms with van der Waals surface area (Å²) in [5, 5.41) is 9.51. The van der Waals surface area contributed by atoms with Crippen LogP contribution < -0.4 is 0 Å². The van der Waals surface area contributed by atoms with Crippen molar-refractivity contribution in [1.82, 2.24) is 0 Å². The molecule has 1 fully saturated rings. The van der Waals surface area contributed by atoms with E-state index in [2.05, 4.69) is 15.9 Å². The van der Waals surface area contributed by atoms with E-state index in [1.54, 1.807) is 6.92 Å². The summed E-state index contributed by atoms with van der Waals surface area (Å²) < 4.78 is 4.76. The van der Waals surface area contributed by atoms with Gasteiger partial charge in [-0.2, -0.15) is 0 Å². The Morgan fingerprint density at radius 1 is 1.75 bits per heavy atom. The fourth-order valence-electron chi connectivity index (χ4n) is 1.04. The van der Waals surface area contributed by atoms with Gasteiger partial charge in [-0.3, -0.25) is 4.79 Å². The van der Waals surface area contributed by atoms with Crippen molar-refractivity contribution in [3.05, 3.63) is 0 Å². The molecule has 1 N–H and O–H groups in total. The van der Waals surface area contributed by atoms with E-state index in [0.29, 0.717) is 12.5 Å². The molecule has 1 saturated carbocycles. The van der Waals surface area contributed by atoms with Crippen molar-refractivity contribution >= 4 is 21.9 Å². The Morgan fingerprint density at radius 3 is 2.75 bits per heavy atom. The van der Waals surface area contributed by atoms with Crippen LogP contribution >= 0.6 is 15.9 Å². The third kappa shape index (κ3) is 2.45. The van der Waals surface area contributed by atoms with E-state index >= 15 is 0 Å². The van der Waals surface area contributed by atoms with Crippen molar-refractivity contribution in [3.8, 4) is 0 Å². The molecule has 1 aliphatic rings. The molecule has 3 nitrogen and oxygen atoms in total. The van der Waals surface area contributed by atoms with Crippen molar-refractivity contribution in [2.75, 3.05) is 6.61 Å². The van der Waals surface area contributed by atoms with Gasteiger partial charge in [0.2, 0.25) is 0 Å². The summed E-state index contributed by atoms with van der Waals surface area (Å²) in [6, 6.07) is 0. The SMILES string of the molecule is CCOC(=O)[C@H](Br)[C@H](O)C1CC1. The van der Waals surface area contributed by atoms with Gasteiger partial charge in [0.25, 0.3) is 0 Å². The third-order valence-electron chi connectivity index (χ3n) is 1.92. The Hall–Kier alpha value is -0.0900. The molecular weight excluding hydrogens is 224 g/mol. The van der Waals surface area contributed by atoms with Gasteiger partial charge in [0.05, 0.1) is 12.7 Å². The number of halogens is 1. The van der Waals surface area contributed by atoms with E-state index in [0.717, 1.165) is 12.8 Å². The standard InChI is InChI=1S/C8H13BrO3/c1-2-12-8(11)6(9)7(10)5-3-4-5/h5-7,10H,2-4H2,1H3/t6-,7-/m1/s1. The molecular formula is C8H13BrO3. The monoisotopic (exact) mass is 236 g/mol. The van der Waals surface area contributed by atoms with Crippen LogP contribution in [-0.4, -0.2) is 28.6 Å². The first-order chi connectivity index (χ1) is 5.66. The molecule has 0 aromatic rings. The summed E-state index contributed by atoms with van der Waals surface area (Å²) in [5.74, 6) is -0.0734. The van der Waals surface area contributed by atoms with Crippen molar-refractivity contribution < 1.29 is 14.6 Å². The van der Waals surface area contributed by atoms with Crippen LogP contribution in [0.15, 0.2) is 0 Å². The fourth-order valence-corrected chi connectivity index (χ4v) is 1.60. The number of aliphatic hydroxyl groups is 1. The number of aliphatic hydroxyl groups excluding tert-OH is 1. The molecule has 0 amide bonds.